The lowest BCUT2D eigenvalue weighted by atomic mass is 10.2. The lowest BCUT2D eigenvalue weighted by Crippen LogP contribution is -2.41. The standard InChI is InChI=1S/C26H39NO4/c1-7-9-10-11-12-13-20-29-22(3)17-18-24(15-8-2)30-21-23-16-14-19-27(23)25(28)31-26(4,5)6/h7-13,15,17-18,23H,14,16,19-21H2,1-6H3/b9-7-,11-10-,13-12+,15-8-,22-17+,24-18+. The third-order valence-corrected chi connectivity index (χ3v) is 4.33. The van der Waals surface area contributed by atoms with Gasteiger partial charge in [0, 0.05) is 6.54 Å². The van der Waals surface area contributed by atoms with Crippen LogP contribution < -0.4 is 0 Å². The fourth-order valence-electron chi connectivity index (χ4n) is 2.88. The van der Waals surface area contributed by atoms with Gasteiger partial charge in [0.05, 0.1) is 11.8 Å². The summed E-state index contributed by atoms with van der Waals surface area (Å²) in [5.41, 5.74) is -0.499. The van der Waals surface area contributed by atoms with E-state index in [9.17, 15) is 4.79 Å². The minimum absolute atomic E-state index is 0.0191. The van der Waals surface area contributed by atoms with Crippen molar-refractivity contribution in [2.24, 2.45) is 0 Å². The predicted octanol–water partition coefficient (Wildman–Crippen LogP) is 6.47. The lowest BCUT2D eigenvalue weighted by molar-refractivity contribution is 0.0160. The van der Waals surface area contributed by atoms with E-state index in [0.717, 1.165) is 24.4 Å². The first kappa shape index (κ1) is 26.3. The van der Waals surface area contributed by atoms with E-state index in [1.165, 1.54) is 0 Å². The van der Waals surface area contributed by atoms with Crippen molar-refractivity contribution in [2.75, 3.05) is 19.8 Å². The van der Waals surface area contributed by atoms with Crippen LogP contribution in [-0.4, -0.2) is 42.4 Å². The van der Waals surface area contributed by atoms with Gasteiger partial charge in [-0.1, -0.05) is 36.5 Å². The van der Waals surface area contributed by atoms with Crippen LogP contribution in [0, 0.1) is 0 Å². The van der Waals surface area contributed by atoms with Crippen LogP contribution in [0.5, 0.6) is 0 Å². The van der Waals surface area contributed by atoms with Crippen LogP contribution in [0.25, 0.3) is 0 Å². The molecule has 172 valence electrons. The molecular weight excluding hydrogens is 390 g/mol. The summed E-state index contributed by atoms with van der Waals surface area (Å²) in [4.78, 5) is 14.2. The molecule has 0 spiro atoms. The minimum atomic E-state index is -0.499. The van der Waals surface area contributed by atoms with Crippen LogP contribution in [0.2, 0.25) is 0 Å². The van der Waals surface area contributed by atoms with E-state index >= 15 is 0 Å². The molecule has 5 heteroatoms. The Kier molecular flexibility index (Phi) is 12.2. The molecule has 31 heavy (non-hydrogen) atoms. The van der Waals surface area contributed by atoms with E-state index in [1.54, 1.807) is 4.90 Å². The number of carbonyl (C=O) groups is 1. The minimum Gasteiger partial charge on any atom is -0.494 e. The van der Waals surface area contributed by atoms with Gasteiger partial charge in [-0.3, -0.25) is 0 Å². The van der Waals surface area contributed by atoms with Crippen LogP contribution in [0.3, 0.4) is 0 Å². The highest BCUT2D eigenvalue weighted by Gasteiger charge is 2.32. The highest BCUT2D eigenvalue weighted by molar-refractivity contribution is 5.69. The molecule has 0 bridgehead atoms. The number of allylic oxidation sites excluding steroid dienone is 10. The Morgan fingerprint density at radius 1 is 1.03 bits per heavy atom. The smallest absolute Gasteiger partial charge is 0.410 e. The molecule has 0 aromatic heterocycles. The van der Waals surface area contributed by atoms with E-state index in [2.05, 4.69) is 0 Å². The van der Waals surface area contributed by atoms with Crippen LogP contribution in [0.1, 0.15) is 54.4 Å². The zero-order chi connectivity index (χ0) is 23.1. The average molecular weight is 430 g/mol. The van der Waals surface area contributed by atoms with Crippen LogP contribution in [0.4, 0.5) is 4.79 Å². The quantitative estimate of drug-likeness (QED) is 0.295. The van der Waals surface area contributed by atoms with Crippen molar-refractivity contribution in [3.63, 3.8) is 0 Å². The van der Waals surface area contributed by atoms with Gasteiger partial charge in [0.1, 0.15) is 24.6 Å². The van der Waals surface area contributed by atoms with Crippen molar-refractivity contribution in [1.82, 2.24) is 4.90 Å². The molecule has 1 aliphatic heterocycles. The Hall–Kier alpha value is -2.69. The monoisotopic (exact) mass is 429 g/mol. The van der Waals surface area contributed by atoms with Crippen molar-refractivity contribution >= 4 is 6.09 Å². The molecule has 0 saturated carbocycles. The zero-order valence-electron chi connectivity index (χ0n) is 20.0. The average Bonchev–Trinajstić information content (AvgIpc) is 3.17. The van der Waals surface area contributed by atoms with Gasteiger partial charge in [-0.05, 0) is 78.7 Å². The van der Waals surface area contributed by atoms with Crippen LogP contribution >= 0.6 is 0 Å². The molecule has 1 aliphatic rings. The maximum Gasteiger partial charge on any atom is 0.410 e. The third-order valence-electron chi connectivity index (χ3n) is 4.33. The Morgan fingerprint density at radius 3 is 2.45 bits per heavy atom. The highest BCUT2D eigenvalue weighted by Crippen LogP contribution is 2.22. The Balaban J connectivity index is 2.59. The molecule has 0 aromatic rings. The van der Waals surface area contributed by atoms with Gasteiger partial charge < -0.3 is 19.1 Å². The summed E-state index contributed by atoms with van der Waals surface area (Å²) in [6.45, 7) is 13.1. The molecule has 5 nitrogen and oxygen atoms in total. The highest BCUT2D eigenvalue weighted by atomic mass is 16.6. The number of carbonyl (C=O) groups excluding carboxylic acids is 1. The molecule has 1 rings (SSSR count). The normalized spacial score (nSPS) is 18.8. The number of ether oxygens (including phenoxy) is 3. The van der Waals surface area contributed by atoms with E-state index < -0.39 is 5.60 Å². The van der Waals surface area contributed by atoms with Crippen molar-refractivity contribution < 1.29 is 19.0 Å². The summed E-state index contributed by atoms with van der Waals surface area (Å²) < 4.78 is 17.2. The first-order chi connectivity index (χ1) is 14.8. The summed E-state index contributed by atoms with van der Waals surface area (Å²) in [6, 6.07) is 0.0191. The summed E-state index contributed by atoms with van der Waals surface area (Å²) in [5, 5.41) is 0. The SMILES string of the molecule is C\C=C/C=C\C=C\CO/C(C)=C/C=C(\C=C/C)OCC1CCCN1C(=O)OC(C)(C)C. The Labute approximate surface area is 188 Å². The number of hydrogen-bond acceptors (Lipinski definition) is 4. The van der Waals surface area contributed by atoms with Crippen LogP contribution in [0.15, 0.2) is 72.3 Å². The molecule has 1 fully saturated rings. The summed E-state index contributed by atoms with van der Waals surface area (Å²) in [7, 11) is 0. The Bertz CT molecular complexity index is 720. The first-order valence-electron chi connectivity index (χ1n) is 11.0. The van der Waals surface area contributed by atoms with Gasteiger partial charge >= 0.3 is 6.09 Å². The van der Waals surface area contributed by atoms with E-state index in [-0.39, 0.29) is 12.1 Å². The predicted molar refractivity (Wildman–Crippen MR) is 128 cm³/mol. The molecular formula is C26H39NO4. The second-order valence-electron chi connectivity index (χ2n) is 8.28. The van der Waals surface area contributed by atoms with E-state index in [0.29, 0.717) is 19.8 Å². The van der Waals surface area contributed by atoms with Gasteiger partial charge in [-0.15, -0.1) is 0 Å². The van der Waals surface area contributed by atoms with Crippen molar-refractivity contribution in [3.05, 3.63) is 72.3 Å². The zero-order valence-corrected chi connectivity index (χ0v) is 20.0. The summed E-state index contributed by atoms with van der Waals surface area (Å²) in [6.07, 6.45) is 21.0. The third kappa shape index (κ3) is 11.9. The summed E-state index contributed by atoms with van der Waals surface area (Å²) in [5.74, 6) is 1.52. The van der Waals surface area contributed by atoms with Gasteiger partial charge in [0.2, 0.25) is 0 Å². The second kappa shape index (κ2) is 14.3. The molecule has 1 amide bonds. The van der Waals surface area contributed by atoms with Crippen molar-refractivity contribution in [3.8, 4) is 0 Å². The molecule has 0 radical (unpaired) electrons. The lowest BCUT2D eigenvalue weighted by Gasteiger charge is -2.28. The van der Waals surface area contributed by atoms with Gasteiger partial charge in [-0.2, -0.15) is 0 Å². The molecule has 1 atom stereocenters. The van der Waals surface area contributed by atoms with Gasteiger partial charge in [0.15, 0.2) is 0 Å². The molecule has 1 saturated heterocycles. The Morgan fingerprint density at radius 2 is 1.77 bits per heavy atom. The molecule has 0 aliphatic carbocycles. The number of nitrogens with zero attached hydrogens (tertiary/aromatic N) is 1. The summed E-state index contributed by atoms with van der Waals surface area (Å²) >= 11 is 0. The van der Waals surface area contributed by atoms with Gasteiger partial charge in [-0.25, -0.2) is 4.79 Å². The number of amides is 1. The number of hydrogen-bond donors (Lipinski definition) is 0. The fourth-order valence-corrected chi connectivity index (χ4v) is 2.88. The molecule has 0 aromatic carbocycles. The van der Waals surface area contributed by atoms with Crippen LogP contribution in [-0.2, 0) is 14.2 Å². The number of likely N-dealkylation sites (tertiary alicyclic amines) is 1. The second-order valence-corrected chi connectivity index (χ2v) is 8.28. The largest absolute Gasteiger partial charge is 0.494 e. The number of rotatable bonds is 10. The molecule has 1 unspecified atom stereocenters. The van der Waals surface area contributed by atoms with E-state index in [1.807, 2.05) is 102 Å². The maximum absolute atomic E-state index is 12.4. The fraction of sp³-hybridized carbons (Fsp3) is 0.500. The molecule has 0 N–H and O–H groups in total. The van der Waals surface area contributed by atoms with Crippen molar-refractivity contribution in [1.29, 1.82) is 0 Å². The van der Waals surface area contributed by atoms with E-state index in [4.69, 9.17) is 14.2 Å². The topological polar surface area (TPSA) is 48.0 Å². The van der Waals surface area contributed by atoms with Crippen molar-refractivity contribution in [2.45, 2.75) is 66.0 Å². The van der Waals surface area contributed by atoms with Gasteiger partial charge in [0.25, 0.3) is 0 Å². The maximum atomic E-state index is 12.4. The first-order valence-corrected chi connectivity index (χ1v) is 11.0. The molecule has 1 heterocycles.